The number of aromatic nitrogens is 3. The molecule has 0 saturated carbocycles. The smallest absolute Gasteiger partial charge is 0.301 e. The van der Waals surface area contributed by atoms with Crippen LogP contribution in [0.5, 0.6) is 6.01 Å². The second-order valence-corrected chi connectivity index (χ2v) is 17.9. The van der Waals surface area contributed by atoms with E-state index in [-0.39, 0.29) is 26.0 Å². The number of aliphatic hydroxyl groups is 1. The monoisotopic (exact) mass is 604 g/mol. The number of nitriles is 1. The number of aliphatic hydroxyl groups excluding tert-OH is 1. The van der Waals surface area contributed by atoms with Crippen molar-refractivity contribution < 1.29 is 24.1 Å². The third-order valence-corrected chi connectivity index (χ3v) is 9.61. The van der Waals surface area contributed by atoms with Crippen LogP contribution < -0.4 is 4.74 Å². The van der Waals surface area contributed by atoms with Gasteiger partial charge < -0.3 is 24.1 Å². The van der Waals surface area contributed by atoms with Gasteiger partial charge in [-0.15, -0.1) is 0 Å². The van der Waals surface area contributed by atoms with Crippen LogP contribution in [0.15, 0.2) is 54.6 Å². The molecule has 1 N–H and O–H groups in total. The van der Waals surface area contributed by atoms with E-state index in [1.807, 2.05) is 47.0 Å². The van der Waals surface area contributed by atoms with Crippen LogP contribution in [0.25, 0.3) is 33.5 Å². The SMILES string of the molecule is C[Si](C)(C)CCOCn1c(OC2COC3[C@@H]2OC[C@H]3O)nc2nc(-c3ccc(-c4ccc(C#N)cc4)cc3)c(Cl)cc21. The summed E-state index contributed by atoms with van der Waals surface area (Å²) in [5.41, 5.74) is 5.30. The highest BCUT2D eigenvalue weighted by atomic mass is 35.5. The van der Waals surface area contributed by atoms with Crippen molar-refractivity contribution in [3.63, 3.8) is 0 Å². The number of nitrogens with zero attached hydrogens (tertiary/aromatic N) is 4. The van der Waals surface area contributed by atoms with Gasteiger partial charge in [0.2, 0.25) is 0 Å². The lowest BCUT2D eigenvalue weighted by Gasteiger charge is -2.19. The number of imidazole rings is 1. The normalized spacial score (nSPS) is 21.9. The molecule has 2 saturated heterocycles. The molecule has 0 radical (unpaired) electrons. The minimum Gasteiger partial charge on any atom is -0.456 e. The van der Waals surface area contributed by atoms with Crippen LogP contribution in [0.4, 0.5) is 0 Å². The van der Waals surface area contributed by atoms with E-state index >= 15 is 0 Å². The molecule has 4 aromatic rings. The molecule has 0 spiro atoms. The van der Waals surface area contributed by atoms with E-state index < -0.39 is 26.4 Å². The van der Waals surface area contributed by atoms with Crippen molar-refractivity contribution in [1.82, 2.24) is 14.5 Å². The highest BCUT2D eigenvalue weighted by Crippen LogP contribution is 2.35. The number of ether oxygens (including phenoxy) is 4. The van der Waals surface area contributed by atoms with E-state index in [1.165, 1.54) is 0 Å². The first-order valence-corrected chi connectivity index (χ1v) is 18.1. The van der Waals surface area contributed by atoms with Crippen LogP contribution in [0.2, 0.25) is 30.7 Å². The molecule has 0 amide bonds. The lowest BCUT2D eigenvalue weighted by atomic mass is 10.0. The molecule has 0 aliphatic carbocycles. The third-order valence-electron chi connectivity index (χ3n) is 7.62. The van der Waals surface area contributed by atoms with Gasteiger partial charge in [-0.1, -0.05) is 67.6 Å². The summed E-state index contributed by atoms with van der Waals surface area (Å²) >= 11 is 6.81. The molecule has 42 heavy (non-hydrogen) atoms. The maximum atomic E-state index is 10.2. The van der Waals surface area contributed by atoms with Crippen molar-refractivity contribution in [1.29, 1.82) is 5.26 Å². The zero-order valence-electron chi connectivity index (χ0n) is 23.8. The number of benzene rings is 2. The fourth-order valence-corrected chi connectivity index (χ4v) is 6.21. The summed E-state index contributed by atoms with van der Waals surface area (Å²) in [7, 11) is -1.27. The first kappa shape index (κ1) is 28.8. The maximum absolute atomic E-state index is 10.2. The predicted molar refractivity (Wildman–Crippen MR) is 162 cm³/mol. The molecule has 2 aliphatic rings. The standard InChI is InChI=1S/C31H33ClN4O5Si/c1-42(2,3)13-12-38-18-36-24-14-23(32)27(22-10-8-21(9-11-22)20-6-4-19(15-33)5-7-20)34-30(24)35-31(36)41-26-17-40-28-25(37)16-39-29(26)28/h4-11,14,25-26,28-29,37H,12-13,16-18H2,1-3H3/t25-,26?,28?,29-/m1/s1. The average molecular weight is 605 g/mol. The topological polar surface area (TPSA) is 112 Å². The molecule has 2 fully saturated rings. The Hall–Kier alpha value is -3.30. The van der Waals surface area contributed by atoms with Crippen LogP contribution in [-0.4, -0.2) is 72.0 Å². The molecule has 2 aromatic heterocycles. The molecule has 2 aromatic carbocycles. The summed E-state index contributed by atoms with van der Waals surface area (Å²) in [5, 5.41) is 19.7. The van der Waals surface area contributed by atoms with Gasteiger partial charge in [-0.2, -0.15) is 10.2 Å². The van der Waals surface area contributed by atoms with Gasteiger partial charge in [-0.3, -0.25) is 4.57 Å². The Balaban J connectivity index is 1.29. The van der Waals surface area contributed by atoms with Gasteiger partial charge in [0.05, 0.1) is 41.1 Å². The Kier molecular flexibility index (Phi) is 8.07. The number of hydrogen-bond acceptors (Lipinski definition) is 8. The fraction of sp³-hybridized carbons (Fsp3) is 0.387. The van der Waals surface area contributed by atoms with Gasteiger partial charge >= 0.3 is 6.01 Å². The van der Waals surface area contributed by atoms with Gasteiger partial charge in [0.15, 0.2) is 11.8 Å². The first-order chi connectivity index (χ1) is 20.2. The molecular formula is C31H33ClN4O5Si. The van der Waals surface area contributed by atoms with Crippen molar-refractivity contribution in [2.75, 3.05) is 19.8 Å². The number of pyridine rings is 1. The summed E-state index contributed by atoms with van der Waals surface area (Å²) in [6.45, 7) is 8.31. The number of hydrogen-bond donors (Lipinski definition) is 1. The van der Waals surface area contributed by atoms with Crippen molar-refractivity contribution >= 4 is 30.8 Å². The van der Waals surface area contributed by atoms with E-state index in [1.54, 1.807) is 12.1 Å². The number of rotatable bonds is 9. The quantitative estimate of drug-likeness (QED) is 0.197. The lowest BCUT2D eigenvalue weighted by Crippen LogP contribution is -2.35. The van der Waals surface area contributed by atoms with Gasteiger partial charge in [0, 0.05) is 20.2 Å². The lowest BCUT2D eigenvalue weighted by molar-refractivity contribution is 0.00339. The van der Waals surface area contributed by atoms with E-state index in [9.17, 15) is 5.11 Å². The highest BCUT2D eigenvalue weighted by molar-refractivity contribution is 6.76. The van der Waals surface area contributed by atoms with E-state index in [0.29, 0.717) is 40.1 Å². The summed E-state index contributed by atoms with van der Waals surface area (Å²) in [4.78, 5) is 9.59. The first-order valence-electron chi connectivity index (χ1n) is 14.0. The Morgan fingerprint density at radius 3 is 2.36 bits per heavy atom. The van der Waals surface area contributed by atoms with Gasteiger partial charge in [-0.25, -0.2) is 4.98 Å². The molecule has 11 heteroatoms. The Morgan fingerprint density at radius 1 is 1.00 bits per heavy atom. The zero-order valence-corrected chi connectivity index (χ0v) is 25.5. The van der Waals surface area contributed by atoms with Crippen LogP contribution >= 0.6 is 11.6 Å². The van der Waals surface area contributed by atoms with Gasteiger partial charge in [0.25, 0.3) is 0 Å². The third kappa shape index (κ3) is 5.94. The van der Waals surface area contributed by atoms with Crippen LogP contribution in [0.1, 0.15) is 5.56 Å². The van der Waals surface area contributed by atoms with Gasteiger partial charge in [0.1, 0.15) is 25.0 Å². The number of halogens is 1. The number of fused-ring (bicyclic) bond motifs is 2. The molecule has 2 unspecified atom stereocenters. The molecule has 9 nitrogen and oxygen atoms in total. The van der Waals surface area contributed by atoms with Crippen LogP contribution in [0, 0.1) is 11.3 Å². The summed E-state index contributed by atoms with van der Waals surface area (Å²) < 4.78 is 25.8. The Morgan fingerprint density at radius 2 is 1.67 bits per heavy atom. The zero-order chi connectivity index (χ0) is 29.4. The average Bonchev–Trinajstić information content (AvgIpc) is 3.65. The summed E-state index contributed by atoms with van der Waals surface area (Å²) in [5.74, 6) is 0. The predicted octanol–water partition coefficient (Wildman–Crippen LogP) is 5.51. The second-order valence-electron chi connectivity index (χ2n) is 11.9. The van der Waals surface area contributed by atoms with Gasteiger partial charge in [-0.05, 0) is 35.4 Å². The molecule has 4 atom stereocenters. The molecule has 2 aliphatic heterocycles. The maximum Gasteiger partial charge on any atom is 0.301 e. The van der Waals surface area contributed by atoms with Crippen molar-refractivity contribution in [3.05, 3.63) is 65.2 Å². The van der Waals surface area contributed by atoms with Crippen LogP contribution in [0.3, 0.4) is 0 Å². The minimum absolute atomic E-state index is 0.218. The molecule has 0 bridgehead atoms. The molecule has 6 rings (SSSR count). The van der Waals surface area contributed by atoms with E-state index in [4.69, 9.17) is 45.8 Å². The summed E-state index contributed by atoms with van der Waals surface area (Å²) in [6.07, 6.45) is -1.87. The van der Waals surface area contributed by atoms with Crippen LogP contribution in [-0.2, 0) is 20.9 Å². The van der Waals surface area contributed by atoms with E-state index in [2.05, 4.69) is 25.7 Å². The largest absolute Gasteiger partial charge is 0.456 e. The van der Waals surface area contributed by atoms with E-state index in [0.717, 1.165) is 22.7 Å². The molecule has 218 valence electrons. The van der Waals surface area contributed by atoms with Crippen molar-refractivity contribution in [3.8, 4) is 34.5 Å². The second kappa shape index (κ2) is 11.8. The Labute approximate surface area is 250 Å². The Bertz CT molecular complexity index is 1610. The highest BCUT2D eigenvalue weighted by Gasteiger charge is 2.49. The minimum atomic E-state index is -1.27. The molecular weight excluding hydrogens is 572 g/mol. The molecule has 4 heterocycles. The fourth-order valence-electron chi connectivity index (χ4n) is 5.19. The van der Waals surface area contributed by atoms with Crippen molar-refractivity contribution in [2.45, 2.75) is 56.8 Å². The van der Waals surface area contributed by atoms with Crippen molar-refractivity contribution in [2.24, 2.45) is 0 Å². The summed E-state index contributed by atoms with van der Waals surface area (Å²) in [6, 6.07) is 20.8.